The van der Waals surface area contributed by atoms with Crippen molar-refractivity contribution in [2.45, 2.75) is 50.5 Å². The molecule has 1 aliphatic rings. The molecule has 0 amide bonds. The van der Waals surface area contributed by atoms with Gasteiger partial charge in [-0.3, -0.25) is 0 Å². The van der Waals surface area contributed by atoms with E-state index in [0.717, 1.165) is 25.1 Å². The summed E-state index contributed by atoms with van der Waals surface area (Å²) >= 11 is 0. The van der Waals surface area contributed by atoms with Gasteiger partial charge in [0.1, 0.15) is 0 Å². The molecule has 1 aromatic carbocycles. The summed E-state index contributed by atoms with van der Waals surface area (Å²) in [4.78, 5) is 2.53. The van der Waals surface area contributed by atoms with E-state index in [0.29, 0.717) is 18.3 Å². The van der Waals surface area contributed by atoms with Gasteiger partial charge < -0.3 is 10.6 Å². The molecule has 1 aliphatic heterocycles. The molecule has 1 fully saturated rings. The van der Waals surface area contributed by atoms with Crippen LogP contribution in [0.2, 0.25) is 0 Å². The molecule has 0 radical (unpaired) electrons. The van der Waals surface area contributed by atoms with E-state index in [1.807, 2.05) is 0 Å². The lowest BCUT2D eigenvalue weighted by Crippen LogP contribution is -2.33. The van der Waals surface area contributed by atoms with Crippen molar-refractivity contribution in [1.29, 1.82) is 0 Å². The number of anilines is 2. The summed E-state index contributed by atoms with van der Waals surface area (Å²) in [6.45, 7) is 5.25. The third-order valence-corrected chi connectivity index (χ3v) is 5.55. The van der Waals surface area contributed by atoms with Crippen LogP contribution in [0, 0.1) is 0 Å². The zero-order valence-corrected chi connectivity index (χ0v) is 13.6. The molecule has 1 heterocycles. The highest BCUT2D eigenvalue weighted by Gasteiger charge is 2.21. The molecular formula is C15H25N3O2S. The zero-order chi connectivity index (χ0) is 15.5. The fourth-order valence-electron chi connectivity index (χ4n) is 2.85. The molecule has 3 N–H and O–H groups in total. The molecule has 5 nitrogen and oxygen atoms in total. The molecule has 21 heavy (non-hydrogen) atoms. The van der Waals surface area contributed by atoms with Crippen LogP contribution in [0.4, 0.5) is 11.4 Å². The highest BCUT2D eigenvalue weighted by molar-refractivity contribution is 7.89. The molecular weight excluding hydrogens is 286 g/mol. The van der Waals surface area contributed by atoms with Gasteiger partial charge in [-0.25, -0.2) is 13.1 Å². The van der Waals surface area contributed by atoms with E-state index in [2.05, 4.69) is 16.5 Å². The maximum absolute atomic E-state index is 12.2. The summed E-state index contributed by atoms with van der Waals surface area (Å²) in [7, 11) is -3.45. The Kier molecular flexibility index (Phi) is 5.11. The molecule has 1 unspecified atom stereocenters. The maximum Gasteiger partial charge on any atom is 0.240 e. The van der Waals surface area contributed by atoms with Crippen LogP contribution in [0.3, 0.4) is 0 Å². The summed E-state index contributed by atoms with van der Waals surface area (Å²) in [6.07, 6.45) is 4.67. The standard InChI is InChI=1S/C15H25N3O2S/c1-3-17-21(19,20)13-8-9-14(16)15(11-13)18-10-6-4-5-7-12(18)2/h8-9,11-12,17H,3-7,10,16H2,1-2H3. The number of rotatable bonds is 4. The minimum absolute atomic E-state index is 0.282. The lowest BCUT2D eigenvalue weighted by molar-refractivity contribution is 0.583. The molecule has 1 atom stereocenters. The summed E-state index contributed by atoms with van der Waals surface area (Å²) in [5.41, 5.74) is 7.57. The number of benzene rings is 1. The number of nitrogens with zero attached hydrogens (tertiary/aromatic N) is 1. The Morgan fingerprint density at radius 2 is 2.10 bits per heavy atom. The summed E-state index contributed by atoms with van der Waals surface area (Å²) in [6, 6.07) is 5.35. The number of nitrogens with one attached hydrogen (secondary N) is 1. The second-order valence-electron chi connectivity index (χ2n) is 5.61. The van der Waals surface area contributed by atoms with Gasteiger partial charge in [-0.1, -0.05) is 19.8 Å². The SMILES string of the molecule is CCNS(=O)(=O)c1ccc(N)c(N2CCCCCC2C)c1. The first kappa shape index (κ1) is 16.1. The van der Waals surface area contributed by atoms with Crippen LogP contribution in [0.5, 0.6) is 0 Å². The lowest BCUT2D eigenvalue weighted by Gasteiger charge is -2.31. The first-order chi connectivity index (χ1) is 9.95. The van der Waals surface area contributed by atoms with E-state index in [4.69, 9.17) is 5.73 Å². The molecule has 0 aromatic heterocycles. The van der Waals surface area contributed by atoms with Crippen molar-refractivity contribution in [1.82, 2.24) is 4.72 Å². The highest BCUT2D eigenvalue weighted by atomic mass is 32.2. The third kappa shape index (κ3) is 3.68. The van der Waals surface area contributed by atoms with E-state index in [-0.39, 0.29) is 4.90 Å². The minimum Gasteiger partial charge on any atom is -0.397 e. The molecule has 0 saturated carbocycles. The van der Waals surface area contributed by atoms with E-state index in [1.54, 1.807) is 25.1 Å². The van der Waals surface area contributed by atoms with Gasteiger partial charge in [0.25, 0.3) is 0 Å². The van der Waals surface area contributed by atoms with Gasteiger partial charge in [0.15, 0.2) is 0 Å². The van der Waals surface area contributed by atoms with Crippen molar-refractivity contribution in [3.8, 4) is 0 Å². The Bertz CT molecular complexity index is 587. The van der Waals surface area contributed by atoms with E-state index in [1.165, 1.54) is 12.8 Å². The quantitative estimate of drug-likeness (QED) is 0.837. The largest absolute Gasteiger partial charge is 0.397 e. The maximum atomic E-state index is 12.2. The zero-order valence-electron chi connectivity index (χ0n) is 12.8. The predicted octanol–water partition coefficient (Wildman–Crippen LogP) is 2.34. The summed E-state index contributed by atoms with van der Waals surface area (Å²) in [5.74, 6) is 0. The molecule has 0 spiro atoms. The number of sulfonamides is 1. The van der Waals surface area contributed by atoms with E-state index >= 15 is 0 Å². The van der Waals surface area contributed by atoms with E-state index in [9.17, 15) is 8.42 Å². The Balaban J connectivity index is 2.39. The van der Waals surface area contributed by atoms with Gasteiger partial charge in [-0.15, -0.1) is 0 Å². The van der Waals surface area contributed by atoms with Gasteiger partial charge in [0, 0.05) is 19.1 Å². The van der Waals surface area contributed by atoms with Gasteiger partial charge in [-0.2, -0.15) is 0 Å². The van der Waals surface area contributed by atoms with Crippen molar-refractivity contribution in [3.63, 3.8) is 0 Å². The van der Waals surface area contributed by atoms with Crippen LogP contribution in [-0.4, -0.2) is 27.5 Å². The number of hydrogen-bond donors (Lipinski definition) is 2. The van der Waals surface area contributed by atoms with Crippen molar-refractivity contribution in [2.75, 3.05) is 23.7 Å². The van der Waals surface area contributed by atoms with Gasteiger partial charge in [0.2, 0.25) is 10.0 Å². The number of nitrogen functional groups attached to an aromatic ring is 1. The van der Waals surface area contributed by atoms with Crippen LogP contribution in [0.15, 0.2) is 23.1 Å². The molecule has 0 aliphatic carbocycles. The van der Waals surface area contributed by atoms with Crippen LogP contribution >= 0.6 is 0 Å². The molecule has 0 bridgehead atoms. The van der Waals surface area contributed by atoms with Crippen LogP contribution < -0.4 is 15.4 Å². The average molecular weight is 311 g/mol. The van der Waals surface area contributed by atoms with Crippen molar-refractivity contribution >= 4 is 21.4 Å². The van der Waals surface area contributed by atoms with Crippen molar-refractivity contribution in [2.24, 2.45) is 0 Å². The molecule has 6 heteroatoms. The van der Waals surface area contributed by atoms with Crippen molar-refractivity contribution < 1.29 is 8.42 Å². The molecule has 118 valence electrons. The van der Waals surface area contributed by atoms with Crippen LogP contribution in [-0.2, 0) is 10.0 Å². The minimum atomic E-state index is -3.45. The summed E-state index contributed by atoms with van der Waals surface area (Å²) < 4.78 is 26.8. The molecule has 2 rings (SSSR count). The van der Waals surface area contributed by atoms with Crippen molar-refractivity contribution in [3.05, 3.63) is 18.2 Å². The first-order valence-electron chi connectivity index (χ1n) is 7.61. The first-order valence-corrected chi connectivity index (χ1v) is 9.10. The fourth-order valence-corrected chi connectivity index (χ4v) is 3.91. The topological polar surface area (TPSA) is 75.4 Å². The Morgan fingerprint density at radius 3 is 2.81 bits per heavy atom. The highest BCUT2D eigenvalue weighted by Crippen LogP contribution is 2.31. The third-order valence-electron chi connectivity index (χ3n) is 4.01. The Hall–Kier alpha value is -1.27. The number of hydrogen-bond acceptors (Lipinski definition) is 4. The predicted molar refractivity (Wildman–Crippen MR) is 87.0 cm³/mol. The Labute approximate surface area is 127 Å². The van der Waals surface area contributed by atoms with Gasteiger partial charge in [0.05, 0.1) is 16.3 Å². The molecule has 1 aromatic rings. The molecule has 1 saturated heterocycles. The monoisotopic (exact) mass is 311 g/mol. The van der Waals surface area contributed by atoms with E-state index < -0.39 is 10.0 Å². The second kappa shape index (κ2) is 6.66. The van der Waals surface area contributed by atoms with Crippen LogP contribution in [0.25, 0.3) is 0 Å². The van der Waals surface area contributed by atoms with Crippen LogP contribution in [0.1, 0.15) is 39.5 Å². The van der Waals surface area contributed by atoms with Gasteiger partial charge >= 0.3 is 0 Å². The summed E-state index contributed by atoms with van der Waals surface area (Å²) in [5, 5.41) is 0. The average Bonchev–Trinajstić information content (AvgIpc) is 2.64. The Morgan fingerprint density at radius 1 is 1.33 bits per heavy atom. The lowest BCUT2D eigenvalue weighted by atomic mass is 10.1. The van der Waals surface area contributed by atoms with Gasteiger partial charge in [-0.05, 0) is 38.0 Å². The fraction of sp³-hybridized carbons (Fsp3) is 0.600. The second-order valence-corrected chi connectivity index (χ2v) is 7.38. The smallest absolute Gasteiger partial charge is 0.240 e. The number of nitrogens with two attached hydrogens (primary N) is 1. The normalized spacial score (nSPS) is 20.3.